The standard InChI is InChI=1S/C7H10N2O/c1-6-7(2)9(3-4-10)5-8-6/h4-5H,3H2,1-2H3. The van der Waals surface area contributed by atoms with Gasteiger partial charge in [0.2, 0.25) is 0 Å². The zero-order valence-corrected chi connectivity index (χ0v) is 6.16. The highest BCUT2D eigenvalue weighted by Gasteiger charge is 1.98. The maximum atomic E-state index is 10.1. The van der Waals surface area contributed by atoms with E-state index in [1.807, 2.05) is 18.4 Å². The van der Waals surface area contributed by atoms with Crippen LogP contribution in [0.15, 0.2) is 6.33 Å². The van der Waals surface area contributed by atoms with Gasteiger partial charge in [0.25, 0.3) is 0 Å². The fourth-order valence-electron chi connectivity index (χ4n) is 0.809. The van der Waals surface area contributed by atoms with Gasteiger partial charge in [-0.1, -0.05) is 0 Å². The second-order valence-corrected chi connectivity index (χ2v) is 2.23. The summed E-state index contributed by atoms with van der Waals surface area (Å²) in [6, 6.07) is 0. The molecule has 0 saturated heterocycles. The van der Waals surface area contributed by atoms with E-state index in [1.165, 1.54) is 0 Å². The molecule has 54 valence electrons. The maximum absolute atomic E-state index is 10.1. The van der Waals surface area contributed by atoms with Crippen LogP contribution in [0, 0.1) is 13.8 Å². The van der Waals surface area contributed by atoms with Gasteiger partial charge in [-0.15, -0.1) is 0 Å². The highest BCUT2D eigenvalue weighted by molar-refractivity contribution is 5.49. The number of rotatable bonds is 2. The number of aldehydes is 1. The zero-order valence-electron chi connectivity index (χ0n) is 6.16. The predicted molar refractivity (Wildman–Crippen MR) is 37.8 cm³/mol. The Balaban J connectivity index is 2.93. The first kappa shape index (κ1) is 6.99. The highest BCUT2D eigenvalue weighted by Crippen LogP contribution is 2.02. The number of nitrogens with zero attached hydrogens (tertiary/aromatic N) is 2. The largest absolute Gasteiger partial charge is 0.327 e. The molecule has 3 nitrogen and oxygen atoms in total. The van der Waals surface area contributed by atoms with Crippen LogP contribution >= 0.6 is 0 Å². The molecule has 3 heteroatoms. The van der Waals surface area contributed by atoms with Gasteiger partial charge in [-0.3, -0.25) is 0 Å². The molecule has 0 aromatic carbocycles. The lowest BCUT2D eigenvalue weighted by Gasteiger charge is -1.96. The van der Waals surface area contributed by atoms with Crippen molar-refractivity contribution in [3.05, 3.63) is 17.7 Å². The lowest BCUT2D eigenvalue weighted by molar-refractivity contribution is -0.108. The van der Waals surface area contributed by atoms with E-state index in [9.17, 15) is 4.79 Å². The SMILES string of the molecule is Cc1ncn(CC=O)c1C. The molecule has 1 aromatic rings. The molecule has 0 radical (unpaired) electrons. The van der Waals surface area contributed by atoms with Gasteiger partial charge in [0.05, 0.1) is 18.6 Å². The Hall–Kier alpha value is -1.12. The molecule has 0 aliphatic carbocycles. The van der Waals surface area contributed by atoms with Crippen molar-refractivity contribution < 1.29 is 4.79 Å². The molecule has 1 rings (SSSR count). The summed E-state index contributed by atoms with van der Waals surface area (Å²) >= 11 is 0. The first-order chi connectivity index (χ1) is 4.75. The first-order valence-electron chi connectivity index (χ1n) is 3.17. The van der Waals surface area contributed by atoms with Crippen molar-refractivity contribution in [3.63, 3.8) is 0 Å². The lowest BCUT2D eigenvalue weighted by atomic mass is 10.4. The van der Waals surface area contributed by atoms with E-state index >= 15 is 0 Å². The number of hydrogen-bond acceptors (Lipinski definition) is 2. The molecule has 0 atom stereocenters. The van der Waals surface area contributed by atoms with E-state index < -0.39 is 0 Å². The fourth-order valence-corrected chi connectivity index (χ4v) is 0.809. The molecule has 1 heterocycles. The number of carbonyl (C=O) groups is 1. The van der Waals surface area contributed by atoms with Crippen molar-refractivity contribution in [2.24, 2.45) is 0 Å². The molecule has 0 aliphatic heterocycles. The molecule has 1 aromatic heterocycles. The zero-order chi connectivity index (χ0) is 7.56. The second-order valence-electron chi connectivity index (χ2n) is 2.23. The van der Waals surface area contributed by atoms with Crippen LogP contribution in [0.5, 0.6) is 0 Å². The lowest BCUT2D eigenvalue weighted by Crippen LogP contribution is -1.98. The van der Waals surface area contributed by atoms with Crippen LogP contribution in [0.3, 0.4) is 0 Å². The quantitative estimate of drug-likeness (QED) is 0.564. The molecule has 0 amide bonds. The van der Waals surface area contributed by atoms with Gasteiger partial charge >= 0.3 is 0 Å². The number of imidazole rings is 1. The van der Waals surface area contributed by atoms with Crippen LogP contribution in [0.1, 0.15) is 11.4 Å². The molecular formula is C7H10N2O. The minimum atomic E-state index is 0.409. The Morgan fingerprint density at radius 2 is 2.40 bits per heavy atom. The Morgan fingerprint density at radius 3 is 2.80 bits per heavy atom. The molecule has 0 spiro atoms. The summed E-state index contributed by atoms with van der Waals surface area (Å²) in [6.07, 6.45) is 2.55. The molecule has 0 N–H and O–H groups in total. The van der Waals surface area contributed by atoms with Gasteiger partial charge < -0.3 is 9.36 Å². The van der Waals surface area contributed by atoms with Crippen LogP contribution in [0.4, 0.5) is 0 Å². The van der Waals surface area contributed by atoms with Gasteiger partial charge in [0.15, 0.2) is 0 Å². The third-order valence-electron chi connectivity index (χ3n) is 1.62. The normalized spacial score (nSPS) is 9.80. The van der Waals surface area contributed by atoms with E-state index in [2.05, 4.69) is 4.98 Å². The molecular weight excluding hydrogens is 128 g/mol. The molecule has 10 heavy (non-hydrogen) atoms. The Labute approximate surface area is 59.7 Å². The number of aryl methyl sites for hydroxylation is 1. The number of aromatic nitrogens is 2. The summed E-state index contributed by atoms with van der Waals surface area (Å²) in [5.41, 5.74) is 2.05. The minimum Gasteiger partial charge on any atom is -0.327 e. The van der Waals surface area contributed by atoms with Crippen LogP contribution in [0.25, 0.3) is 0 Å². The van der Waals surface area contributed by atoms with Gasteiger partial charge in [-0.05, 0) is 13.8 Å². The van der Waals surface area contributed by atoms with E-state index in [4.69, 9.17) is 0 Å². The predicted octanol–water partition coefficient (Wildman–Crippen LogP) is 0.699. The molecule has 0 bridgehead atoms. The molecule has 0 fully saturated rings. The van der Waals surface area contributed by atoms with Gasteiger partial charge in [0.1, 0.15) is 6.29 Å². The minimum absolute atomic E-state index is 0.409. The summed E-state index contributed by atoms with van der Waals surface area (Å²) in [5.74, 6) is 0. The second kappa shape index (κ2) is 2.64. The van der Waals surface area contributed by atoms with Gasteiger partial charge in [-0.2, -0.15) is 0 Å². The molecule has 0 aliphatic rings. The van der Waals surface area contributed by atoms with Crippen molar-refractivity contribution in [1.82, 2.24) is 9.55 Å². The summed E-state index contributed by atoms with van der Waals surface area (Å²) < 4.78 is 1.82. The van der Waals surface area contributed by atoms with Crippen LogP contribution in [-0.4, -0.2) is 15.8 Å². The van der Waals surface area contributed by atoms with Crippen molar-refractivity contribution in [1.29, 1.82) is 0 Å². The fraction of sp³-hybridized carbons (Fsp3) is 0.429. The van der Waals surface area contributed by atoms with Crippen molar-refractivity contribution >= 4 is 6.29 Å². The topological polar surface area (TPSA) is 34.9 Å². The maximum Gasteiger partial charge on any atom is 0.139 e. The van der Waals surface area contributed by atoms with Gasteiger partial charge in [0, 0.05) is 5.69 Å². The van der Waals surface area contributed by atoms with E-state index in [-0.39, 0.29) is 0 Å². The number of hydrogen-bond donors (Lipinski definition) is 0. The van der Waals surface area contributed by atoms with Crippen LogP contribution in [-0.2, 0) is 11.3 Å². The summed E-state index contributed by atoms with van der Waals surface area (Å²) in [7, 11) is 0. The average molecular weight is 138 g/mol. The average Bonchev–Trinajstić information content (AvgIpc) is 2.20. The number of carbonyl (C=O) groups excluding carboxylic acids is 1. The smallest absolute Gasteiger partial charge is 0.139 e. The third kappa shape index (κ3) is 1.07. The monoisotopic (exact) mass is 138 g/mol. The first-order valence-corrected chi connectivity index (χ1v) is 3.17. The highest BCUT2D eigenvalue weighted by atomic mass is 16.1. The van der Waals surface area contributed by atoms with E-state index in [0.717, 1.165) is 17.7 Å². The van der Waals surface area contributed by atoms with Crippen molar-refractivity contribution in [2.75, 3.05) is 0 Å². The third-order valence-corrected chi connectivity index (χ3v) is 1.62. The van der Waals surface area contributed by atoms with Crippen LogP contribution < -0.4 is 0 Å². The Morgan fingerprint density at radius 1 is 1.70 bits per heavy atom. The van der Waals surface area contributed by atoms with Crippen molar-refractivity contribution in [2.45, 2.75) is 20.4 Å². The summed E-state index contributed by atoms with van der Waals surface area (Å²) in [6.45, 7) is 4.29. The van der Waals surface area contributed by atoms with E-state index in [0.29, 0.717) is 6.54 Å². The molecule has 0 unspecified atom stereocenters. The Kier molecular flexibility index (Phi) is 1.85. The Bertz CT molecular complexity index is 240. The summed E-state index contributed by atoms with van der Waals surface area (Å²) in [5, 5.41) is 0. The van der Waals surface area contributed by atoms with Crippen molar-refractivity contribution in [3.8, 4) is 0 Å². The van der Waals surface area contributed by atoms with Crippen LogP contribution in [0.2, 0.25) is 0 Å². The molecule has 0 saturated carbocycles. The summed E-state index contributed by atoms with van der Waals surface area (Å²) in [4.78, 5) is 14.1. The van der Waals surface area contributed by atoms with Gasteiger partial charge in [-0.25, -0.2) is 4.98 Å². The van der Waals surface area contributed by atoms with E-state index in [1.54, 1.807) is 6.33 Å².